The normalized spacial score (nSPS) is 17.8. The van der Waals surface area contributed by atoms with Crippen LogP contribution in [0.2, 0.25) is 0 Å². The predicted molar refractivity (Wildman–Crippen MR) is 111 cm³/mol. The van der Waals surface area contributed by atoms with Crippen molar-refractivity contribution < 1.29 is 9.21 Å². The summed E-state index contributed by atoms with van der Waals surface area (Å²) in [5, 5.41) is 3.20. The Morgan fingerprint density at radius 2 is 2.23 bits per heavy atom. The summed E-state index contributed by atoms with van der Waals surface area (Å²) in [7, 11) is 4.11. The van der Waals surface area contributed by atoms with Crippen LogP contribution in [0.5, 0.6) is 0 Å². The van der Waals surface area contributed by atoms with Crippen molar-refractivity contribution in [1.29, 1.82) is 0 Å². The Balaban J connectivity index is 1.42. The maximum Gasteiger partial charge on any atom is 0.274 e. The minimum absolute atomic E-state index is 0.0235. The van der Waals surface area contributed by atoms with Gasteiger partial charge in [-0.1, -0.05) is 0 Å². The average molecular weight is 407 g/mol. The lowest BCUT2D eigenvalue weighted by Crippen LogP contribution is -2.35. The number of fused-ring (bicyclic) bond motifs is 3. The number of amides is 1. The SMILES string of the molecule is CN(C)C1CCN(C(=O)c2ncn3c2-c2nc(NCc4ccco4)ncc2CC3)C1. The van der Waals surface area contributed by atoms with Gasteiger partial charge in [-0.3, -0.25) is 4.79 Å². The zero-order valence-corrected chi connectivity index (χ0v) is 17.2. The van der Waals surface area contributed by atoms with Gasteiger partial charge in [0.2, 0.25) is 5.95 Å². The molecule has 30 heavy (non-hydrogen) atoms. The molecule has 1 atom stereocenters. The van der Waals surface area contributed by atoms with Crippen LogP contribution < -0.4 is 5.32 Å². The fourth-order valence-corrected chi connectivity index (χ4v) is 4.15. The molecule has 9 nitrogen and oxygen atoms in total. The Hall–Kier alpha value is -3.20. The molecule has 0 spiro atoms. The van der Waals surface area contributed by atoms with Crippen molar-refractivity contribution in [2.75, 3.05) is 32.5 Å². The molecule has 1 fully saturated rings. The van der Waals surface area contributed by atoms with E-state index in [4.69, 9.17) is 9.40 Å². The number of carbonyl (C=O) groups is 1. The molecule has 5 rings (SSSR count). The van der Waals surface area contributed by atoms with Crippen LogP contribution in [0.4, 0.5) is 5.95 Å². The second kappa shape index (κ2) is 7.56. The maximum atomic E-state index is 13.3. The highest BCUT2D eigenvalue weighted by Gasteiger charge is 2.33. The Morgan fingerprint density at radius 3 is 3.00 bits per heavy atom. The summed E-state index contributed by atoms with van der Waals surface area (Å²) in [5.41, 5.74) is 3.08. The molecular formula is C21H25N7O2. The number of aromatic nitrogens is 4. The van der Waals surface area contributed by atoms with E-state index in [1.807, 2.05) is 27.8 Å². The van der Waals surface area contributed by atoms with Crippen molar-refractivity contribution in [3.8, 4) is 11.4 Å². The van der Waals surface area contributed by atoms with Crippen LogP contribution in [0.25, 0.3) is 11.4 Å². The number of anilines is 1. The molecule has 2 aliphatic rings. The lowest BCUT2D eigenvalue weighted by molar-refractivity contribution is 0.0778. The number of imidazole rings is 1. The Labute approximate surface area is 174 Å². The van der Waals surface area contributed by atoms with Gasteiger partial charge < -0.3 is 24.1 Å². The lowest BCUT2D eigenvalue weighted by atomic mass is 10.0. The number of aryl methyl sites for hydroxylation is 2. The van der Waals surface area contributed by atoms with Gasteiger partial charge in [0.05, 0.1) is 24.8 Å². The standard InChI is InChI=1S/C21H25N7O2/c1-26(2)15-6-8-27(12-15)20(29)18-19-17-14(5-7-28(19)13-24-18)10-22-21(25-17)23-11-16-4-3-9-30-16/h3-4,9-10,13,15H,5-8,11-12H2,1-2H3,(H,22,23,25). The maximum absolute atomic E-state index is 13.3. The van der Waals surface area contributed by atoms with Crippen LogP contribution in [0.15, 0.2) is 35.3 Å². The molecule has 0 aromatic carbocycles. The zero-order chi connectivity index (χ0) is 20.7. The number of nitrogens with one attached hydrogen (secondary N) is 1. The zero-order valence-electron chi connectivity index (χ0n) is 17.2. The van der Waals surface area contributed by atoms with Gasteiger partial charge in [-0.15, -0.1) is 0 Å². The van der Waals surface area contributed by atoms with Crippen LogP contribution in [0.1, 0.15) is 28.2 Å². The first kappa shape index (κ1) is 18.8. The van der Waals surface area contributed by atoms with Gasteiger partial charge in [0.15, 0.2) is 5.69 Å². The molecular weight excluding hydrogens is 382 g/mol. The number of hydrogen-bond acceptors (Lipinski definition) is 7. The van der Waals surface area contributed by atoms with Crippen LogP contribution in [0, 0.1) is 0 Å². The fourth-order valence-electron chi connectivity index (χ4n) is 4.15. The molecule has 0 bridgehead atoms. The van der Waals surface area contributed by atoms with Crippen molar-refractivity contribution in [2.45, 2.75) is 32.0 Å². The molecule has 5 heterocycles. The molecule has 0 radical (unpaired) electrons. The molecule has 1 amide bonds. The summed E-state index contributed by atoms with van der Waals surface area (Å²) in [6, 6.07) is 4.13. The van der Waals surface area contributed by atoms with E-state index in [1.165, 1.54) is 0 Å². The summed E-state index contributed by atoms with van der Waals surface area (Å²) in [5.74, 6) is 1.29. The minimum Gasteiger partial charge on any atom is -0.467 e. The van der Waals surface area contributed by atoms with Crippen molar-refractivity contribution in [3.05, 3.63) is 47.9 Å². The summed E-state index contributed by atoms with van der Waals surface area (Å²) in [6.45, 7) is 2.74. The molecule has 9 heteroatoms. The highest BCUT2D eigenvalue weighted by molar-refractivity contribution is 5.98. The number of rotatable bonds is 5. The number of likely N-dealkylation sites (N-methyl/N-ethyl adjacent to an activating group) is 1. The van der Waals surface area contributed by atoms with E-state index >= 15 is 0 Å². The van der Waals surface area contributed by atoms with Crippen molar-refractivity contribution in [3.63, 3.8) is 0 Å². The van der Waals surface area contributed by atoms with Gasteiger partial charge in [-0.05, 0) is 39.1 Å². The monoisotopic (exact) mass is 407 g/mol. The van der Waals surface area contributed by atoms with Gasteiger partial charge in [-0.2, -0.15) is 0 Å². The Kier molecular flexibility index (Phi) is 4.74. The fraction of sp³-hybridized carbons (Fsp3) is 0.429. The smallest absolute Gasteiger partial charge is 0.274 e. The number of nitrogens with zero attached hydrogens (tertiary/aromatic N) is 6. The van der Waals surface area contributed by atoms with Crippen molar-refractivity contribution >= 4 is 11.9 Å². The average Bonchev–Trinajstić information content (AvgIpc) is 3.52. The van der Waals surface area contributed by atoms with E-state index in [-0.39, 0.29) is 5.91 Å². The highest BCUT2D eigenvalue weighted by atomic mass is 16.3. The van der Waals surface area contributed by atoms with E-state index in [2.05, 4.69) is 34.3 Å². The van der Waals surface area contributed by atoms with Crippen molar-refractivity contribution in [2.24, 2.45) is 0 Å². The van der Waals surface area contributed by atoms with Gasteiger partial charge in [0, 0.05) is 37.4 Å². The Morgan fingerprint density at radius 1 is 1.33 bits per heavy atom. The summed E-state index contributed by atoms with van der Waals surface area (Å²) in [6.07, 6.45) is 7.03. The predicted octanol–water partition coefficient (Wildman–Crippen LogP) is 1.88. The first-order valence-electron chi connectivity index (χ1n) is 10.2. The highest BCUT2D eigenvalue weighted by Crippen LogP contribution is 2.32. The van der Waals surface area contributed by atoms with Crippen LogP contribution >= 0.6 is 0 Å². The molecule has 0 aliphatic carbocycles. The third kappa shape index (κ3) is 3.35. The van der Waals surface area contributed by atoms with Crippen molar-refractivity contribution in [1.82, 2.24) is 29.3 Å². The lowest BCUT2D eigenvalue weighted by Gasteiger charge is -2.22. The van der Waals surface area contributed by atoms with Crippen LogP contribution in [-0.2, 0) is 19.5 Å². The van der Waals surface area contributed by atoms with Gasteiger partial charge in [0.25, 0.3) is 5.91 Å². The van der Waals surface area contributed by atoms with Crippen LogP contribution in [-0.4, -0.2) is 68.5 Å². The summed E-state index contributed by atoms with van der Waals surface area (Å²) in [4.78, 5) is 31.0. The van der Waals surface area contributed by atoms with E-state index in [0.29, 0.717) is 24.2 Å². The van der Waals surface area contributed by atoms with Crippen LogP contribution in [0.3, 0.4) is 0 Å². The molecule has 3 aromatic rings. The molecule has 156 valence electrons. The van der Waals surface area contributed by atoms with E-state index < -0.39 is 0 Å². The number of carbonyl (C=O) groups excluding carboxylic acids is 1. The molecule has 3 aromatic heterocycles. The van der Waals surface area contributed by atoms with Gasteiger partial charge >= 0.3 is 0 Å². The summed E-state index contributed by atoms with van der Waals surface area (Å²) >= 11 is 0. The topological polar surface area (TPSA) is 92.3 Å². The van der Waals surface area contributed by atoms with E-state index in [9.17, 15) is 4.79 Å². The van der Waals surface area contributed by atoms with Gasteiger partial charge in [0.1, 0.15) is 11.5 Å². The third-order valence-electron chi connectivity index (χ3n) is 5.93. The number of hydrogen-bond donors (Lipinski definition) is 1. The molecule has 1 N–H and O–H groups in total. The third-order valence-corrected chi connectivity index (χ3v) is 5.93. The summed E-state index contributed by atoms with van der Waals surface area (Å²) < 4.78 is 7.39. The largest absolute Gasteiger partial charge is 0.467 e. The first-order chi connectivity index (χ1) is 14.6. The van der Waals surface area contributed by atoms with E-state index in [0.717, 1.165) is 55.2 Å². The van der Waals surface area contributed by atoms with Gasteiger partial charge in [-0.25, -0.2) is 15.0 Å². The Bertz CT molecular complexity index is 1060. The quantitative estimate of drug-likeness (QED) is 0.690. The molecule has 1 unspecified atom stereocenters. The minimum atomic E-state index is -0.0235. The second-order valence-electron chi connectivity index (χ2n) is 8.04. The molecule has 1 saturated heterocycles. The number of furan rings is 1. The van der Waals surface area contributed by atoms with E-state index in [1.54, 1.807) is 12.6 Å². The second-order valence-corrected chi connectivity index (χ2v) is 8.04. The number of likely N-dealkylation sites (tertiary alicyclic amines) is 1. The molecule has 2 aliphatic heterocycles. The first-order valence-corrected chi connectivity index (χ1v) is 10.2. The molecule has 0 saturated carbocycles.